The van der Waals surface area contributed by atoms with Crippen LogP contribution >= 0.6 is 7.82 Å². The molecule has 16 bridgehead atoms. The number of primary amides is 6. The normalized spacial score (nSPS) is 34.6. The van der Waals surface area contributed by atoms with Crippen molar-refractivity contribution in [2.45, 2.75) is 252 Å². The Kier molecular flexibility index (Phi) is 25.2. The van der Waals surface area contributed by atoms with Crippen LogP contribution in [0.3, 0.4) is 0 Å². The third kappa shape index (κ3) is 17.1. The standard InChI is InChI=1S/C62H90N13O14P.C19H22N4.CN.Co/c1-29-20-39-40(21-30(29)2)75(28-70-39)57-52(84)53(41(27-76)87-57)89-90(85,86)88-31(3)26-69-49(83)18-19-59(8)37(22-46(66)80)56-62(11)61(10,25-48(68)82)36(14-17-45(65)79)51(74-62)33(5)55-60(9,24-47(67)81)34(12-15-43(63)77)38(71-55)23-42-58(6,7)35(13-16-44(64)78)50(72-42)32(4)54(59)73-56;1-3-14-10-16-5-7-18(22-16)19-8-6-17(23-19)11-15-4-2-13(21-15)9-12(1)20-14;1-2;/h20-21,23,28,31,34-37,41,52-53,56-57,76,84H,12-19,22,24-27H2,1-11H3,(H15,63,64,65,66,67,68,69,71,72,73,74,77,78,79,80,81,82,83,85,86);9-11,18-19,22H,1-8H2;;/q;;;+2/p-2/b;12-9-,15-11-,16-10-;;/t31?,34-,35-,36-,37+,41-,52-,53-,56-,57+,59-,60+,61+,62+;;;/m1.../s1. The van der Waals surface area contributed by atoms with Crippen molar-refractivity contribution in [2.75, 3.05) is 13.2 Å². The van der Waals surface area contributed by atoms with E-state index in [9.17, 15) is 58.5 Å². The molecule has 11 aliphatic heterocycles. The van der Waals surface area contributed by atoms with Gasteiger partial charge in [0.2, 0.25) is 0 Å². The summed E-state index contributed by atoms with van der Waals surface area (Å²) < 4.78 is 33.7. The zero-order valence-corrected chi connectivity index (χ0v) is 69.8. The van der Waals surface area contributed by atoms with E-state index in [0.717, 1.165) is 49.7 Å². The van der Waals surface area contributed by atoms with E-state index in [4.69, 9.17) is 78.1 Å². The van der Waals surface area contributed by atoms with Gasteiger partial charge >= 0.3 is 417 Å². The average molecular weight is 1660 g/mol. The number of nitrogens with two attached hydrogens (primary N) is 6. The van der Waals surface area contributed by atoms with Crippen molar-refractivity contribution in [1.82, 2.24) is 24.1 Å². The van der Waals surface area contributed by atoms with E-state index >= 15 is 0 Å². The number of nitrogens with one attached hydrogen (secondary N) is 2. The van der Waals surface area contributed by atoms with E-state index in [0.29, 0.717) is 68.5 Å². The molecule has 12 heterocycles. The molecule has 34 heteroatoms. The Hall–Kier alpha value is -8.97. The molecule has 0 saturated carbocycles. The summed E-state index contributed by atoms with van der Waals surface area (Å²) in [4.78, 5) is 144. The molecule has 17 atom stereocenters. The smallest absolute Gasteiger partial charge is 0.383 e. The van der Waals surface area contributed by atoms with Crippen molar-refractivity contribution in [3.05, 3.63) is 99.2 Å². The minimum Gasteiger partial charge on any atom is -0.383 e. The molecule has 1 aromatic heterocycles. The molecule has 116 heavy (non-hydrogen) atoms. The zero-order chi connectivity index (χ0) is 84.2. The molecule has 626 valence electrons. The van der Waals surface area contributed by atoms with E-state index in [-0.39, 0.29) is 92.1 Å². The van der Waals surface area contributed by atoms with E-state index in [1.165, 1.54) is 64.9 Å². The molecule has 0 aliphatic carbocycles. The van der Waals surface area contributed by atoms with E-state index in [1.54, 1.807) is 37.7 Å². The van der Waals surface area contributed by atoms with Crippen molar-refractivity contribution >= 4 is 94.5 Å². The van der Waals surface area contributed by atoms with Crippen LogP contribution in [0.15, 0.2) is 118 Å². The van der Waals surface area contributed by atoms with E-state index in [2.05, 4.69) is 38.8 Å². The maximum absolute atomic E-state index is 14.5. The van der Waals surface area contributed by atoms with Gasteiger partial charge in [-0.1, -0.05) is 0 Å². The number of aromatic nitrogens is 2. The molecule has 7 amide bonds. The van der Waals surface area contributed by atoms with Gasteiger partial charge < -0.3 is 34.3 Å². The third-order valence-electron chi connectivity index (χ3n) is 26.3. The Morgan fingerprint density at radius 2 is 1.37 bits per heavy atom. The number of phosphoric acid groups is 1. The topological polar surface area (TPSA) is 527 Å². The maximum atomic E-state index is 14.5. The number of nitrogens with zero attached hydrogens (tertiary/aromatic N) is 10. The van der Waals surface area contributed by atoms with Gasteiger partial charge in [0.15, 0.2) is 6.23 Å². The number of hydrogen-bond donors (Lipinski definition) is 10. The quantitative estimate of drug-likeness (QED) is 0.0445. The molecule has 4 unspecified atom stereocenters. The minimum atomic E-state index is -5.35. The Morgan fingerprint density at radius 3 is 2.00 bits per heavy atom. The van der Waals surface area contributed by atoms with E-state index < -0.39 is 143 Å². The number of carbonyl (C=O) groups excluding carboxylic acids is 7. The molecule has 13 rings (SSSR count). The zero-order valence-electron chi connectivity index (χ0n) is 67.8. The molecule has 1 aromatic carbocycles. The predicted octanol–water partition coefficient (Wildman–Crippen LogP) is 6.20. The van der Waals surface area contributed by atoms with Crippen LogP contribution in [-0.4, -0.2) is 161 Å². The summed E-state index contributed by atoms with van der Waals surface area (Å²) in [5.41, 5.74) is 43.8. The van der Waals surface area contributed by atoms with Crippen LogP contribution < -0.4 is 49.9 Å². The number of rotatable bonds is 27. The van der Waals surface area contributed by atoms with E-state index in [1.807, 2.05) is 53.7 Å². The molecule has 16 N–H and O–H groups in total. The number of allylic oxidation sites excluding steroid dienone is 12. The number of fused-ring (bicyclic) bond motifs is 13. The fourth-order valence-corrected chi connectivity index (χ4v) is 22.3. The van der Waals surface area contributed by atoms with Crippen molar-refractivity contribution in [3.8, 4) is 5.00 Å². The number of nitriles is 1. The van der Waals surface area contributed by atoms with Gasteiger partial charge in [0.1, 0.15) is 18.3 Å². The Morgan fingerprint density at radius 1 is 0.741 bits per heavy atom. The van der Waals surface area contributed by atoms with Gasteiger partial charge in [-0.3, -0.25) is 19.5 Å². The summed E-state index contributed by atoms with van der Waals surface area (Å²) in [7, 11) is -5.35. The summed E-state index contributed by atoms with van der Waals surface area (Å²) in [6.45, 7) is 18.8. The molecule has 32 nitrogen and oxygen atoms in total. The summed E-state index contributed by atoms with van der Waals surface area (Å²) >= 11 is 0.0230. The molecule has 3 fully saturated rings. The fraction of sp³-hybridized carbons (Fsp3) is 0.598. The van der Waals surface area contributed by atoms with Crippen LogP contribution in [0.2, 0.25) is 0 Å². The number of amides is 7. The average Bonchev–Trinajstić information content (AvgIpc) is 1.51. The predicted molar refractivity (Wildman–Crippen MR) is 430 cm³/mol. The van der Waals surface area contributed by atoms with Gasteiger partial charge in [-0.05, 0) is 107 Å². The first-order valence-corrected chi connectivity index (χ1v) is 42.4. The van der Waals surface area contributed by atoms with Gasteiger partial charge in [-0.2, -0.15) is 0 Å². The second kappa shape index (κ2) is 33.8. The number of aliphatic hydroxyl groups is 2. The molecule has 0 spiro atoms. The second-order valence-corrected chi connectivity index (χ2v) is 36.7. The summed E-state index contributed by atoms with van der Waals surface area (Å²) in [5, 5.41) is 41.6. The van der Waals surface area contributed by atoms with Gasteiger partial charge in [0.05, 0.1) is 30.0 Å². The van der Waals surface area contributed by atoms with Crippen molar-refractivity contribution in [2.24, 2.45) is 110 Å². The van der Waals surface area contributed by atoms with Crippen LogP contribution in [-0.2, 0) is 66.8 Å². The molecule has 3 saturated heterocycles. The monoisotopic (exact) mass is 1660 g/mol. The molecular weight excluding hydrogens is 1550 g/mol. The molecule has 0 radical (unpaired) electrons. The minimum absolute atomic E-state index is 0.0111. The Balaban J connectivity index is 0.000000453. The Bertz CT molecular complexity index is 4890. The van der Waals surface area contributed by atoms with Gasteiger partial charge in [0, 0.05) is 40.3 Å². The first-order chi connectivity index (χ1) is 54.6. The van der Waals surface area contributed by atoms with Crippen LogP contribution in [0.1, 0.15) is 202 Å². The first-order valence-electron chi connectivity index (χ1n) is 40.0. The van der Waals surface area contributed by atoms with Crippen molar-refractivity contribution in [3.63, 3.8) is 0 Å². The van der Waals surface area contributed by atoms with Gasteiger partial charge in [-0.15, -0.1) is 0 Å². The first kappa shape index (κ1) is 86.4. The number of phosphoric ester groups is 1. The van der Waals surface area contributed by atoms with Crippen LogP contribution in [0, 0.1) is 69.4 Å². The van der Waals surface area contributed by atoms with Gasteiger partial charge in [0.25, 0.3) is 7.82 Å². The van der Waals surface area contributed by atoms with Crippen LogP contribution in [0.5, 0.6) is 0 Å². The number of aliphatic hydroxyl groups excluding tert-OH is 2. The second-order valence-electron chi connectivity index (χ2n) is 34.5. The summed E-state index contributed by atoms with van der Waals surface area (Å²) in [5.74, 6) is -7.88. The number of imidazole rings is 1. The van der Waals surface area contributed by atoms with Gasteiger partial charge in [-0.25, -0.2) is 4.98 Å². The molecule has 2 aromatic rings. The number of hydrogen-bond acceptors (Lipinski definition) is 24. The third-order valence-corrected chi connectivity index (χ3v) is 28.5. The summed E-state index contributed by atoms with van der Waals surface area (Å²) in [6, 6.07) is 3.50. The molecule has 11 aliphatic rings. The van der Waals surface area contributed by atoms with Crippen molar-refractivity contribution in [1.29, 1.82) is 5.26 Å². The SMILES string of the molecule is C/C1=C2N=C(/C=C3N=C(/C(C)=C4/[C@@H](CCC(N)=O)[C@](C)(CC(N)=O)[C@](C)([C@@H]5N=C1[C@](C)(CCC(=O)NCC(C)OP(=O)([O-])O[C@H]1[C@@H](O)[C@@H](n6cnc7cc(C)c(C)cc76)O[C@@H]1CO)[C@H]5CC(N)=O)[N]4[Co+][C]#N)[C@@](C)(CC(N)=O)[C@@H]\3CCC(N)=O)C(C)(C)[C@@H]/2CCC(N)=O.C1=C2/CCC(=N2)/C=C2/CCC(N2)C2CCC(=N2)/C=C2/CCC/1=N2. The number of benzene rings is 1. The van der Waals surface area contributed by atoms with Crippen LogP contribution in [0.4, 0.5) is 0 Å². The number of aryl methyl sites for hydroxylation is 2. The van der Waals surface area contributed by atoms with Crippen molar-refractivity contribution < 1.29 is 81.9 Å². The summed E-state index contributed by atoms with van der Waals surface area (Å²) in [6.07, 6.45) is 10.1. The number of carbonyl (C=O) groups is 7. The number of aliphatic imine (C=N–C) groups is 6. The fourth-order valence-electron chi connectivity index (χ4n) is 20.0. The van der Waals surface area contributed by atoms with Crippen LogP contribution in [0.25, 0.3) is 11.0 Å². The number of ether oxygens (including phenoxy) is 1. The Labute approximate surface area is 681 Å². The molecular formula is C82H110CoN18O14P.